The molecule has 35 heavy (non-hydrogen) atoms. The summed E-state index contributed by atoms with van der Waals surface area (Å²) in [5.41, 5.74) is 0.952. The first-order valence-electron chi connectivity index (χ1n) is 9.97. The van der Waals surface area contributed by atoms with Gasteiger partial charge in [0.1, 0.15) is 23.9 Å². The molecule has 0 fully saturated rings. The molecule has 0 atom stereocenters. The molecule has 0 aliphatic rings. The van der Waals surface area contributed by atoms with E-state index < -0.39 is 47.2 Å². The van der Waals surface area contributed by atoms with Crippen LogP contribution in [0.15, 0.2) is 42.5 Å². The summed E-state index contributed by atoms with van der Waals surface area (Å²) >= 11 is 0. The first kappa shape index (κ1) is 25.5. The van der Waals surface area contributed by atoms with E-state index in [0.29, 0.717) is 17.1 Å². The standard InChI is InChI=1S/C25H19F5O5/c1-32-15-6-9-19(34-3)16(11-15)17(31)7-4-13-5-8-18(33-2)14(10-13)12-35-25-23(29)21(27)20(26)22(28)24(25)30/h4-11H,12H2,1-3H3/b7-4+. The lowest BCUT2D eigenvalue weighted by molar-refractivity contribution is 0.104. The minimum Gasteiger partial charge on any atom is -0.497 e. The molecule has 5 nitrogen and oxygen atoms in total. The molecule has 0 unspecified atom stereocenters. The molecular formula is C25H19F5O5. The number of hydrogen-bond acceptors (Lipinski definition) is 5. The lowest BCUT2D eigenvalue weighted by Gasteiger charge is -2.13. The molecule has 0 bridgehead atoms. The van der Waals surface area contributed by atoms with Gasteiger partial charge in [0, 0.05) is 5.56 Å². The minimum atomic E-state index is -2.28. The quantitative estimate of drug-likeness (QED) is 0.122. The summed E-state index contributed by atoms with van der Waals surface area (Å²) in [6.45, 7) is -0.582. The maximum Gasteiger partial charge on any atom is 0.207 e. The fourth-order valence-electron chi connectivity index (χ4n) is 3.14. The number of halogens is 5. The zero-order valence-electron chi connectivity index (χ0n) is 18.8. The number of hydrogen-bond donors (Lipinski definition) is 0. The van der Waals surface area contributed by atoms with Crippen LogP contribution < -0.4 is 18.9 Å². The molecule has 0 radical (unpaired) electrons. The van der Waals surface area contributed by atoms with E-state index in [2.05, 4.69) is 0 Å². The van der Waals surface area contributed by atoms with Gasteiger partial charge in [0.05, 0.1) is 26.9 Å². The first-order chi connectivity index (χ1) is 16.7. The molecule has 3 aromatic carbocycles. The van der Waals surface area contributed by atoms with Gasteiger partial charge in [-0.15, -0.1) is 0 Å². The fourth-order valence-corrected chi connectivity index (χ4v) is 3.14. The smallest absolute Gasteiger partial charge is 0.207 e. The van der Waals surface area contributed by atoms with Gasteiger partial charge < -0.3 is 18.9 Å². The van der Waals surface area contributed by atoms with E-state index in [-0.39, 0.29) is 16.9 Å². The van der Waals surface area contributed by atoms with Crippen molar-refractivity contribution in [2.45, 2.75) is 6.61 Å². The summed E-state index contributed by atoms with van der Waals surface area (Å²) in [7, 11) is 4.20. The third-order valence-electron chi connectivity index (χ3n) is 4.95. The molecule has 0 saturated carbocycles. The second-order valence-corrected chi connectivity index (χ2v) is 7.02. The Morgan fingerprint density at radius 3 is 1.97 bits per heavy atom. The van der Waals surface area contributed by atoms with E-state index in [1.165, 1.54) is 51.7 Å². The van der Waals surface area contributed by atoms with E-state index in [9.17, 15) is 26.7 Å². The van der Waals surface area contributed by atoms with Gasteiger partial charge in [-0.25, -0.2) is 13.2 Å². The molecule has 0 aromatic heterocycles. The molecular weight excluding hydrogens is 475 g/mol. The van der Waals surface area contributed by atoms with Gasteiger partial charge in [0.25, 0.3) is 0 Å². The molecule has 0 saturated heterocycles. The van der Waals surface area contributed by atoms with Crippen molar-refractivity contribution < 1.29 is 45.7 Å². The molecule has 0 spiro atoms. The van der Waals surface area contributed by atoms with Crippen LogP contribution in [0.4, 0.5) is 22.0 Å². The third kappa shape index (κ3) is 5.37. The van der Waals surface area contributed by atoms with Crippen LogP contribution in [-0.2, 0) is 6.61 Å². The Labute approximate surface area is 197 Å². The second kappa shape index (κ2) is 10.9. The molecule has 3 aromatic rings. The lowest BCUT2D eigenvalue weighted by Crippen LogP contribution is -2.07. The summed E-state index contributed by atoms with van der Waals surface area (Å²) < 4.78 is 88.3. The molecule has 0 N–H and O–H groups in total. The molecule has 0 amide bonds. The number of ketones is 1. The first-order valence-corrected chi connectivity index (χ1v) is 9.97. The van der Waals surface area contributed by atoms with Crippen LogP contribution in [0.2, 0.25) is 0 Å². The largest absolute Gasteiger partial charge is 0.497 e. The van der Waals surface area contributed by atoms with Crippen molar-refractivity contribution in [3.8, 4) is 23.0 Å². The van der Waals surface area contributed by atoms with Crippen molar-refractivity contribution in [3.63, 3.8) is 0 Å². The molecule has 0 aliphatic heterocycles. The Kier molecular flexibility index (Phi) is 7.95. The number of benzene rings is 3. The van der Waals surface area contributed by atoms with E-state index in [0.717, 1.165) is 0 Å². The van der Waals surface area contributed by atoms with E-state index in [4.69, 9.17) is 18.9 Å². The van der Waals surface area contributed by atoms with Gasteiger partial charge in [0.2, 0.25) is 29.1 Å². The van der Waals surface area contributed by atoms with Crippen LogP contribution in [0, 0.1) is 29.1 Å². The number of ether oxygens (including phenoxy) is 4. The topological polar surface area (TPSA) is 54.0 Å². The van der Waals surface area contributed by atoms with Crippen LogP contribution in [0.3, 0.4) is 0 Å². The zero-order valence-corrected chi connectivity index (χ0v) is 18.8. The number of carbonyl (C=O) groups is 1. The number of allylic oxidation sites excluding steroid dienone is 1. The van der Waals surface area contributed by atoms with Gasteiger partial charge in [-0.1, -0.05) is 12.1 Å². The average molecular weight is 494 g/mol. The predicted molar refractivity (Wildman–Crippen MR) is 116 cm³/mol. The number of rotatable bonds is 9. The highest BCUT2D eigenvalue weighted by molar-refractivity contribution is 6.08. The minimum absolute atomic E-state index is 0.227. The highest BCUT2D eigenvalue weighted by atomic mass is 19.2. The van der Waals surface area contributed by atoms with Crippen molar-refractivity contribution in [1.82, 2.24) is 0 Å². The lowest BCUT2D eigenvalue weighted by atomic mass is 10.1. The van der Waals surface area contributed by atoms with Crippen molar-refractivity contribution in [2.24, 2.45) is 0 Å². The van der Waals surface area contributed by atoms with Crippen molar-refractivity contribution in [2.75, 3.05) is 21.3 Å². The van der Waals surface area contributed by atoms with E-state index in [1.54, 1.807) is 18.2 Å². The van der Waals surface area contributed by atoms with Gasteiger partial charge in [-0.05, 0) is 42.0 Å². The number of carbonyl (C=O) groups excluding carboxylic acids is 1. The van der Waals surface area contributed by atoms with Crippen LogP contribution in [0.5, 0.6) is 23.0 Å². The molecule has 10 heteroatoms. The summed E-state index contributed by atoms with van der Waals surface area (Å²) in [4.78, 5) is 12.7. The third-order valence-corrected chi connectivity index (χ3v) is 4.95. The summed E-state index contributed by atoms with van der Waals surface area (Å²) in [6, 6.07) is 9.29. The van der Waals surface area contributed by atoms with Crippen LogP contribution in [0.25, 0.3) is 6.08 Å². The fraction of sp³-hybridized carbons (Fsp3) is 0.160. The maximum atomic E-state index is 13.9. The van der Waals surface area contributed by atoms with Crippen molar-refractivity contribution in [3.05, 3.63) is 88.3 Å². The Morgan fingerprint density at radius 2 is 1.37 bits per heavy atom. The van der Waals surface area contributed by atoms with Gasteiger partial charge >= 0.3 is 0 Å². The van der Waals surface area contributed by atoms with Crippen LogP contribution >= 0.6 is 0 Å². The Morgan fingerprint density at radius 1 is 0.771 bits per heavy atom. The highest BCUT2D eigenvalue weighted by Crippen LogP contribution is 2.31. The predicted octanol–water partition coefficient (Wildman–Crippen LogP) is 5.88. The van der Waals surface area contributed by atoms with E-state index in [1.807, 2.05) is 0 Å². The summed E-state index contributed by atoms with van der Waals surface area (Å²) in [5.74, 6) is -11.5. The summed E-state index contributed by atoms with van der Waals surface area (Å²) in [6.07, 6.45) is 2.73. The van der Waals surface area contributed by atoms with Gasteiger partial charge in [-0.3, -0.25) is 4.79 Å². The second-order valence-electron chi connectivity index (χ2n) is 7.02. The van der Waals surface area contributed by atoms with E-state index >= 15 is 0 Å². The SMILES string of the molecule is COc1ccc(OC)c(C(=O)/C=C/c2ccc(OC)c(COc3c(F)c(F)c(F)c(F)c3F)c2)c1. The maximum absolute atomic E-state index is 13.9. The molecule has 184 valence electrons. The number of methoxy groups -OCH3 is 3. The van der Waals surface area contributed by atoms with Crippen LogP contribution in [-0.4, -0.2) is 27.1 Å². The zero-order chi connectivity index (χ0) is 25.7. The Hall–Kier alpha value is -4.08. The average Bonchev–Trinajstić information content (AvgIpc) is 2.88. The Bertz CT molecular complexity index is 1260. The van der Waals surface area contributed by atoms with Crippen molar-refractivity contribution >= 4 is 11.9 Å². The van der Waals surface area contributed by atoms with Gasteiger partial charge in [-0.2, -0.15) is 8.78 Å². The molecule has 0 aliphatic carbocycles. The monoisotopic (exact) mass is 494 g/mol. The normalized spacial score (nSPS) is 11.0. The van der Waals surface area contributed by atoms with Gasteiger partial charge in [0.15, 0.2) is 11.5 Å². The van der Waals surface area contributed by atoms with Crippen molar-refractivity contribution in [1.29, 1.82) is 0 Å². The highest BCUT2D eigenvalue weighted by Gasteiger charge is 2.27. The molecule has 0 heterocycles. The Balaban J connectivity index is 1.86. The molecule has 3 rings (SSSR count). The van der Waals surface area contributed by atoms with Crippen LogP contribution in [0.1, 0.15) is 21.5 Å². The summed E-state index contributed by atoms with van der Waals surface area (Å²) in [5, 5.41) is 0.